The molecule has 3 unspecified atom stereocenters. The van der Waals surface area contributed by atoms with Crippen molar-refractivity contribution in [2.45, 2.75) is 63.9 Å². The van der Waals surface area contributed by atoms with E-state index in [9.17, 15) is 13.2 Å². The molecule has 1 aliphatic heterocycles. The first-order chi connectivity index (χ1) is 8.92. The maximum absolute atomic E-state index is 11.8. The zero-order valence-corrected chi connectivity index (χ0v) is 11.6. The lowest BCUT2D eigenvalue weighted by Gasteiger charge is -2.35. The van der Waals surface area contributed by atoms with Crippen molar-refractivity contribution in [2.75, 3.05) is 19.8 Å². The fraction of sp³-hybridized carbons (Fsp3) is 1.00. The van der Waals surface area contributed by atoms with Crippen molar-refractivity contribution in [1.82, 2.24) is 5.32 Å². The molecule has 1 fully saturated rings. The summed E-state index contributed by atoms with van der Waals surface area (Å²) in [4.78, 5) is 0. The molecule has 114 valence electrons. The van der Waals surface area contributed by atoms with Gasteiger partial charge in [0.05, 0.1) is 6.10 Å². The SMILES string of the molecule is CCC1NC(C)CCC1OCCCOCC(F)(F)F. The Morgan fingerprint density at radius 1 is 1.21 bits per heavy atom. The van der Waals surface area contributed by atoms with Crippen molar-refractivity contribution in [3.63, 3.8) is 0 Å². The number of hydrogen-bond acceptors (Lipinski definition) is 3. The van der Waals surface area contributed by atoms with Gasteiger partial charge in [-0.3, -0.25) is 0 Å². The van der Waals surface area contributed by atoms with Gasteiger partial charge in [0.2, 0.25) is 0 Å². The fourth-order valence-corrected chi connectivity index (χ4v) is 2.34. The molecule has 0 bridgehead atoms. The van der Waals surface area contributed by atoms with Crippen molar-refractivity contribution < 1.29 is 22.6 Å². The second-order valence-electron chi connectivity index (χ2n) is 5.09. The van der Waals surface area contributed by atoms with Crippen molar-refractivity contribution in [3.8, 4) is 0 Å². The molecule has 1 saturated heterocycles. The third-order valence-electron chi connectivity index (χ3n) is 3.30. The van der Waals surface area contributed by atoms with Crippen LogP contribution in [0.2, 0.25) is 0 Å². The molecule has 0 amide bonds. The van der Waals surface area contributed by atoms with Gasteiger partial charge >= 0.3 is 6.18 Å². The van der Waals surface area contributed by atoms with Gasteiger partial charge in [-0.25, -0.2) is 0 Å². The molecule has 6 heteroatoms. The molecule has 0 aromatic heterocycles. The summed E-state index contributed by atoms with van der Waals surface area (Å²) in [5.41, 5.74) is 0. The van der Waals surface area contributed by atoms with Crippen molar-refractivity contribution >= 4 is 0 Å². The maximum atomic E-state index is 11.8. The number of alkyl halides is 3. The Hall–Kier alpha value is -0.330. The minimum atomic E-state index is -4.24. The van der Waals surface area contributed by atoms with Crippen LogP contribution in [0.4, 0.5) is 13.2 Å². The van der Waals surface area contributed by atoms with Gasteiger partial charge in [-0.05, 0) is 32.6 Å². The number of hydrogen-bond donors (Lipinski definition) is 1. The minimum absolute atomic E-state index is 0.0901. The first-order valence-corrected chi connectivity index (χ1v) is 6.94. The summed E-state index contributed by atoms with van der Waals surface area (Å²) < 4.78 is 45.8. The van der Waals surface area contributed by atoms with E-state index in [2.05, 4.69) is 23.9 Å². The van der Waals surface area contributed by atoms with E-state index in [0.29, 0.717) is 25.1 Å². The molecule has 0 aliphatic carbocycles. The Bertz CT molecular complexity index is 249. The highest BCUT2D eigenvalue weighted by Crippen LogP contribution is 2.19. The molecule has 3 nitrogen and oxygen atoms in total. The zero-order chi connectivity index (χ0) is 14.3. The predicted octanol–water partition coefficient (Wildman–Crippen LogP) is 2.89. The quantitative estimate of drug-likeness (QED) is 0.729. The van der Waals surface area contributed by atoms with Gasteiger partial charge in [-0.15, -0.1) is 0 Å². The summed E-state index contributed by atoms with van der Waals surface area (Å²) in [6.07, 6.45) is -0.485. The molecule has 0 saturated carbocycles. The van der Waals surface area contributed by atoms with Crippen molar-refractivity contribution in [3.05, 3.63) is 0 Å². The first kappa shape index (κ1) is 16.7. The average Bonchev–Trinajstić information content (AvgIpc) is 2.33. The van der Waals surface area contributed by atoms with E-state index in [1.54, 1.807) is 0 Å². The summed E-state index contributed by atoms with van der Waals surface area (Å²) >= 11 is 0. The lowest BCUT2D eigenvalue weighted by Crippen LogP contribution is -2.50. The van der Waals surface area contributed by atoms with Crippen LogP contribution in [-0.2, 0) is 9.47 Å². The number of ether oxygens (including phenoxy) is 2. The highest BCUT2D eigenvalue weighted by molar-refractivity contribution is 4.84. The van der Waals surface area contributed by atoms with E-state index in [0.717, 1.165) is 19.3 Å². The van der Waals surface area contributed by atoms with E-state index in [4.69, 9.17) is 4.74 Å². The minimum Gasteiger partial charge on any atom is -0.377 e. The summed E-state index contributed by atoms with van der Waals surface area (Å²) in [6, 6.07) is 0.861. The molecule has 1 rings (SSSR count). The zero-order valence-electron chi connectivity index (χ0n) is 11.6. The standard InChI is InChI=1S/C13H24F3NO2/c1-3-11-12(6-5-10(2)17-11)19-8-4-7-18-9-13(14,15)16/h10-12,17H,3-9H2,1-2H3. The van der Waals surface area contributed by atoms with Crippen LogP contribution in [0.25, 0.3) is 0 Å². The van der Waals surface area contributed by atoms with E-state index in [1.165, 1.54) is 0 Å². The van der Waals surface area contributed by atoms with Crippen LogP contribution < -0.4 is 5.32 Å². The Balaban J connectivity index is 2.08. The van der Waals surface area contributed by atoms with Gasteiger partial charge in [0.1, 0.15) is 6.61 Å². The molecule has 0 spiro atoms. The molecule has 0 radical (unpaired) electrons. The van der Waals surface area contributed by atoms with E-state index >= 15 is 0 Å². The van der Waals surface area contributed by atoms with E-state index in [-0.39, 0.29) is 12.7 Å². The van der Waals surface area contributed by atoms with Crippen LogP contribution in [0, 0.1) is 0 Å². The van der Waals surface area contributed by atoms with Crippen LogP contribution in [0.3, 0.4) is 0 Å². The Labute approximate surface area is 112 Å². The largest absolute Gasteiger partial charge is 0.411 e. The first-order valence-electron chi connectivity index (χ1n) is 6.94. The number of rotatable bonds is 7. The second kappa shape index (κ2) is 8.07. The monoisotopic (exact) mass is 283 g/mol. The highest BCUT2D eigenvalue weighted by Gasteiger charge is 2.28. The topological polar surface area (TPSA) is 30.5 Å². The van der Waals surface area contributed by atoms with E-state index in [1.807, 2.05) is 0 Å². The molecular formula is C13H24F3NO2. The van der Waals surface area contributed by atoms with Gasteiger partial charge in [-0.2, -0.15) is 13.2 Å². The summed E-state index contributed by atoms with van der Waals surface area (Å²) in [5.74, 6) is 0. The molecule has 1 heterocycles. The van der Waals surface area contributed by atoms with Crippen LogP contribution in [0.5, 0.6) is 0 Å². The Kier molecular flexibility index (Phi) is 7.10. The average molecular weight is 283 g/mol. The van der Waals surface area contributed by atoms with Crippen LogP contribution in [0.1, 0.15) is 39.5 Å². The Morgan fingerprint density at radius 2 is 1.95 bits per heavy atom. The number of piperidine rings is 1. The molecule has 1 N–H and O–H groups in total. The van der Waals surface area contributed by atoms with Gasteiger partial charge in [0.15, 0.2) is 0 Å². The molecule has 0 aromatic carbocycles. The van der Waals surface area contributed by atoms with Gasteiger partial charge in [0, 0.05) is 25.3 Å². The third kappa shape index (κ3) is 7.13. The lowest BCUT2D eigenvalue weighted by atomic mass is 9.95. The number of halogens is 3. The smallest absolute Gasteiger partial charge is 0.377 e. The molecule has 19 heavy (non-hydrogen) atoms. The van der Waals surface area contributed by atoms with Crippen LogP contribution in [0.15, 0.2) is 0 Å². The van der Waals surface area contributed by atoms with Crippen molar-refractivity contribution in [1.29, 1.82) is 0 Å². The van der Waals surface area contributed by atoms with Gasteiger partial charge in [0.25, 0.3) is 0 Å². The molecule has 1 aliphatic rings. The van der Waals surface area contributed by atoms with Gasteiger partial charge in [-0.1, -0.05) is 6.92 Å². The maximum Gasteiger partial charge on any atom is 0.411 e. The normalized spacial score (nSPS) is 28.6. The fourth-order valence-electron chi connectivity index (χ4n) is 2.34. The van der Waals surface area contributed by atoms with Crippen molar-refractivity contribution in [2.24, 2.45) is 0 Å². The van der Waals surface area contributed by atoms with Gasteiger partial charge < -0.3 is 14.8 Å². The summed E-state index contributed by atoms with van der Waals surface area (Å²) in [7, 11) is 0. The van der Waals surface area contributed by atoms with Crippen LogP contribution >= 0.6 is 0 Å². The third-order valence-corrected chi connectivity index (χ3v) is 3.30. The number of nitrogens with one attached hydrogen (secondary N) is 1. The molecule has 0 aromatic rings. The molecule has 3 atom stereocenters. The van der Waals surface area contributed by atoms with E-state index < -0.39 is 12.8 Å². The highest BCUT2D eigenvalue weighted by atomic mass is 19.4. The lowest BCUT2D eigenvalue weighted by molar-refractivity contribution is -0.174. The molecular weight excluding hydrogens is 259 g/mol. The summed E-state index contributed by atoms with van der Waals surface area (Å²) in [5, 5.41) is 3.48. The Morgan fingerprint density at radius 3 is 2.58 bits per heavy atom. The second-order valence-corrected chi connectivity index (χ2v) is 5.09. The predicted molar refractivity (Wildman–Crippen MR) is 67.1 cm³/mol. The van der Waals surface area contributed by atoms with Crippen LogP contribution in [-0.4, -0.2) is 44.2 Å². The summed E-state index contributed by atoms with van der Waals surface area (Å²) in [6.45, 7) is 3.64.